The molecule has 0 saturated carbocycles. The number of nitrogens with one attached hydrogen (secondary N) is 1. The van der Waals surface area contributed by atoms with Gasteiger partial charge in [0, 0.05) is 31.7 Å². The number of hydrogen-bond acceptors (Lipinski definition) is 4. The minimum atomic E-state index is -0.0446. The van der Waals surface area contributed by atoms with Crippen LogP contribution in [0, 0.1) is 0 Å². The van der Waals surface area contributed by atoms with Gasteiger partial charge in [-0.25, -0.2) is 0 Å². The van der Waals surface area contributed by atoms with Crippen LogP contribution in [0.5, 0.6) is 0 Å². The van der Waals surface area contributed by atoms with Crippen molar-refractivity contribution in [3.05, 3.63) is 23.8 Å². The van der Waals surface area contributed by atoms with Crippen molar-refractivity contribution in [3.63, 3.8) is 0 Å². The minimum Gasteiger partial charge on any atom is -0.397 e. The first kappa shape index (κ1) is 16.3. The average molecular weight is 278 g/mol. The molecule has 3 N–H and O–H groups in total. The number of hydrogen-bond donors (Lipinski definition) is 2. The first-order chi connectivity index (χ1) is 9.15. The minimum absolute atomic E-state index is 0.0184. The molecule has 0 aromatic heterocycles. The van der Waals surface area contributed by atoms with Crippen LogP contribution in [0.1, 0.15) is 24.2 Å². The van der Waals surface area contributed by atoms with Gasteiger partial charge in [0.1, 0.15) is 0 Å². The Hall–Kier alpha value is -1.75. The van der Waals surface area contributed by atoms with Crippen molar-refractivity contribution in [1.29, 1.82) is 0 Å². The van der Waals surface area contributed by atoms with E-state index in [1.165, 1.54) is 4.90 Å². The highest BCUT2D eigenvalue weighted by atomic mass is 16.2. The van der Waals surface area contributed by atoms with Crippen molar-refractivity contribution in [3.8, 4) is 0 Å². The molecule has 5 nitrogen and oxygen atoms in total. The van der Waals surface area contributed by atoms with E-state index < -0.39 is 0 Å². The summed E-state index contributed by atoms with van der Waals surface area (Å²) in [5.41, 5.74) is 8.08. The molecule has 0 aliphatic carbocycles. The molecule has 0 aliphatic rings. The number of anilines is 2. The molecule has 1 aromatic carbocycles. The van der Waals surface area contributed by atoms with Crippen molar-refractivity contribution >= 4 is 17.3 Å². The first-order valence-electron chi connectivity index (χ1n) is 6.67. The highest BCUT2D eigenvalue weighted by Gasteiger charge is 2.20. The fourth-order valence-corrected chi connectivity index (χ4v) is 1.58. The number of nitrogen functional groups attached to an aromatic ring is 1. The number of benzene rings is 1. The predicted molar refractivity (Wildman–Crippen MR) is 85.1 cm³/mol. The second-order valence-electron chi connectivity index (χ2n) is 6.06. The normalized spacial score (nSPS) is 11.6. The number of rotatable bonds is 5. The van der Waals surface area contributed by atoms with Gasteiger partial charge in [-0.2, -0.15) is 0 Å². The van der Waals surface area contributed by atoms with E-state index >= 15 is 0 Å². The van der Waals surface area contributed by atoms with Crippen LogP contribution < -0.4 is 11.1 Å². The largest absolute Gasteiger partial charge is 0.397 e. The summed E-state index contributed by atoms with van der Waals surface area (Å²) in [7, 11) is 7.54. The number of carbonyl (C=O) groups is 1. The van der Waals surface area contributed by atoms with Crippen molar-refractivity contribution in [2.75, 3.05) is 45.8 Å². The van der Waals surface area contributed by atoms with Gasteiger partial charge in [0.2, 0.25) is 0 Å². The quantitative estimate of drug-likeness (QED) is 0.805. The Morgan fingerprint density at radius 2 is 1.85 bits per heavy atom. The number of nitrogens with two attached hydrogens (primary N) is 1. The third-order valence-electron chi connectivity index (χ3n) is 3.63. The molecule has 0 radical (unpaired) electrons. The molecule has 1 amide bonds. The molecule has 0 fully saturated rings. The van der Waals surface area contributed by atoms with Gasteiger partial charge >= 0.3 is 0 Å². The highest BCUT2D eigenvalue weighted by Crippen LogP contribution is 2.22. The molecule has 20 heavy (non-hydrogen) atoms. The summed E-state index contributed by atoms with van der Waals surface area (Å²) >= 11 is 0. The zero-order valence-electron chi connectivity index (χ0n) is 13.3. The molecule has 0 spiro atoms. The second kappa shape index (κ2) is 6.13. The summed E-state index contributed by atoms with van der Waals surface area (Å²) in [6, 6.07) is 5.37. The molecule has 1 aromatic rings. The molecule has 0 atom stereocenters. The number of carbonyl (C=O) groups excluding carboxylic acids is 1. The Bertz CT molecular complexity index is 481. The zero-order valence-corrected chi connectivity index (χ0v) is 13.3. The highest BCUT2D eigenvalue weighted by molar-refractivity contribution is 5.95. The maximum absolute atomic E-state index is 11.9. The van der Waals surface area contributed by atoms with Crippen molar-refractivity contribution < 1.29 is 4.79 Å². The van der Waals surface area contributed by atoms with E-state index in [0.29, 0.717) is 11.3 Å². The van der Waals surface area contributed by atoms with Gasteiger partial charge in [0.05, 0.1) is 11.4 Å². The maximum atomic E-state index is 11.9. The Labute approximate surface area is 121 Å². The number of likely N-dealkylation sites (N-methyl/N-ethyl adjacent to an activating group) is 1. The van der Waals surface area contributed by atoms with E-state index in [9.17, 15) is 4.79 Å². The summed E-state index contributed by atoms with van der Waals surface area (Å²) in [5, 5.41) is 3.34. The summed E-state index contributed by atoms with van der Waals surface area (Å²) in [6.07, 6.45) is 0. The monoisotopic (exact) mass is 278 g/mol. The predicted octanol–water partition coefficient (Wildman–Crippen LogP) is 1.72. The smallest absolute Gasteiger partial charge is 0.253 e. The average Bonchev–Trinajstić information content (AvgIpc) is 2.36. The van der Waals surface area contributed by atoms with E-state index in [0.717, 1.165) is 12.2 Å². The van der Waals surface area contributed by atoms with E-state index in [-0.39, 0.29) is 11.4 Å². The van der Waals surface area contributed by atoms with Crippen molar-refractivity contribution in [2.45, 2.75) is 19.4 Å². The lowest BCUT2D eigenvalue weighted by atomic mass is 10.0. The Kier molecular flexibility index (Phi) is 5.00. The zero-order chi connectivity index (χ0) is 15.5. The molecular formula is C15H26N4O. The van der Waals surface area contributed by atoms with E-state index in [2.05, 4.69) is 24.1 Å². The van der Waals surface area contributed by atoms with Crippen molar-refractivity contribution in [2.24, 2.45) is 0 Å². The third-order valence-corrected chi connectivity index (χ3v) is 3.63. The van der Waals surface area contributed by atoms with Crippen LogP contribution in [0.3, 0.4) is 0 Å². The number of nitrogens with zero attached hydrogens (tertiary/aromatic N) is 2. The lowest BCUT2D eigenvalue weighted by Gasteiger charge is -2.33. The van der Waals surface area contributed by atoms with E-state index in [1.807, 2.05) is 20.2 Å². The fraction of sp³-hybridized carbons (Fsp3) is 0.533. The van der Waals surface area contributed by atoms with Crippen LogP contribution >= 0.6 is 0 Å². The van der Waals surface area contributed by atoms with Gasteiger partial charge in [0.25, 0.3) is 5.91 Å². The molecule has 0 saturated heterocycles. The Morgan fingerprint density at radius 1 is 1.25 bits per heavy atom. The van der Waals surface area contributed by atoms with E-state index in [4.69, 9.17) is 5.73 Å². The van der Waals surface area contributed by atoms with Crippen LogP contribution in [0.25, 0.3) is 0 Å². The SMILES string of the molecule is CN(C)C(=O)c1ccc(NCC(C)(C)N(C)C)c(N)c1. The van der Waals surface area contributed by atoms with Gasteiger partial charge in [-0.15, -0.1) is 0 Å². The van der Waals surface area contributed by atoms with Crippen LogP contribution in [-0.4, -0.2) is 56.0 Å². The van der Waals surface area contributed by atoms with Crippen LogP contribution in [0.4, 0.5) is 11.4 Å². The Morgan fingerprint density at radius 3 is 2.30 bits per heavy atom. The molecule has 112 valence electrons. The topological polar surface area (TPSA) is 61.6 Å². The van der Waals surface area contributed by atoms with E-state index in [1.54, 1.807) is 26.2 Å². The summed E-state index contributed by atoms with van der Waals surface area (Å²) < 4.78 is 0. The molecule has 0 bridgehead atoms. The molecule has 0 unspecified atom stereocenters. The lowest BCUT2D eigenvalue weighted by molar-refractivity contribution is 0.0827. The second-order valence-corrected chi connectivity index (χ2v) is 6.06. The number of amides is 1. The summed E-state index contributed by atoms with van der Waals surface area (Å²) in [5.74, 6) is -0.0446. The standard InChI is InChI=1S/C15H26N4O/c1-15(2,19(5)6)10-17-13-8-7-11(9-12(13)16)14(20)18(3)4/h7-9,17H,10,16H2,1-6H3. The van der Waals surface area contributed by atoms with Gasteiger partial charge in [-0.05, 0) is 46.1 Å². The summed E-state index contributed by atoms with van der Waals surface area (Å²) in [6.45, 7) is 5.07. The van der Waals surface area contributed by atoms with Gasteiger partial charge in [-0.3, -0.25) is 4.79 Å². The Balaban J connectivity index is 2.82. The summed E-state index contributed by atoms with van der Waals surface area (Å²) in [4.78, 5) is 15.5. The third kappa shape index (κ3) is 3.87. The lowest BCUT2D eigenvalue weighted by Crippen LogP contribution is -2.44. The molecule has 1 rings (SSSR count). The van der Waals surface area contributed by atoms with Crippen LogP contribution in [0.2, 0.25) is 0 Å². The fourth-order valence-electron chi connectivity index (χ4n) is 1.58. The van der Waals surface area contributed by atoms with Crippen LogP contribution in [0.15, 0.2) is 18.2 Å². The van der Waals surface area contributed by atoms with Gasteiger partial charge in [-0.1, -0.05) is 0 Å². The molecule has 0 heterocycles. The van der Waals surface area contributed by atoms with Crippen molar-refractivity contribution in [1.82, 2.24) is 9.80 Å². The van der Waals surface area contributed by atoms with Gasteiger partial charge in [0.15, 0.2) is 0 Å². The van der Waals surface area contributed by atoms with Crippen LogP contribution in [-0.2, 0) is 0 Å². The first-order valence-corrected chi connectivity index (χ1v) is 6.67. The molecule has 5 heteroatoms. The van der Waals surface area contributed by atoms with Gasteiger partial charge < -0.3 is 20.9 Å². The maximum Gasteiger partial charge on any atom is 0.253 e. The molecular weight excluding hydrogens is 252 g/mol. The molecule has 0 aliphatic heterocycles.